The highest BCUT2D eigenvalue weighted by atomic mass is 16.2. The molecule has 0 unspecified atom stereocenters. The Kier molecular flexibility index (Phi) is 3.82. The number of likely N-dealkylation sites (tertiary alicyclic amines) is 1. The summed E-state index contributed by atoms with van der Waals surface area (Å²) in [6, 6.07) is 1.87. The van der Waals surface area contributed by atoms with Gasteiger partial charge in [0.1, 0.15) is 11.5 Å². The van der Waals surface area contributed by atoms with E-state index >= 15 is 0 Å². The van der Waals surface area contributed by atoms with Crippen molar-refractivity contribution in [3.05, 3.63) is 35.7 Å². The summed E-state index contributed by atoms with van der Waals surface area (Å²) in [5, 5.41) is 7.36. The fourth-order valence-electron chi connectivity index (χ4n) is 3.65. The highest BCUT2D eigenvalue weighted by Crippen LogP contribution is 2.40. The number of rotatable bonds is 4. The molecular formula is C17H22N6O2. The van der Waals surface area contributed by atoms with Gasteiger partial charge in [0.05, 0.1) is 24.0 Å². The van der Waals surface area contributed by atoms with Gasteiger partial charge >= 0.3 is 0 Å². The Morgan fingerprint density at radius 1 is 1.36 bits per heavy atom. The number of hydrogen-bond donors (Lipinski definition) is 2. The minimum Gasteiger partial charge on any atom is -0.345 e. The molecule has 25 heavy (non-hydrogen) atoms. The zero-order valence-electron chi connectivity index (χ0n) is 14.4. The quantitative estimate of drug-likeness (QED) is 0.869. The second kappa shape index (κ2) is 6.02. The van der Waals surface area contributed by atoms with Crippen LogP contribution in [0.3, 0.4) is 0 Å². The number of hydrogen-bond acceptors (Lipinski definition) is 4. The lowest BCUT2D eigenvalue weighted by molar-refractivity contribution is -0.138. The minimum atomic E-state index is -0.192. The molecule has 0 spiro atoms. The van der Waals surface area contributed by atoms with Crippen LogP contribution in [-0.2, 0) is 11.8 Å². The number of imidazole rings is 1. The number of nitrogens with one attached hydrogen (secondary N) is 2. The van der Waals surface area contributed by atoms with E-state index in [1.54, 1.807) is 10.9 Å². The summed E-state index contributed by atoms with van der Waals surface area (Å²) in [7, 11) is 1.87. The molecule has 2 fully saturated rings. The van der Waals surface area contributed by atoms with Crippen LogP contribution in [0, 0.1) is 6.92 Å². The van der Waals surface area contributed by atoms with Gasteiger partial charge in [0.2, 0.25) is 5.91 Å². The normalized spacial score (nSPS) is 23.8. The topological polar surface area (TPSA) is 95.9 Å². The zero-order valence-corrected chi connectivity index (χ0v) is 14.4. The van der Waals surface area contributed by atoms with Gasteiger partial charge in [-0.25, -0.2) is 4.98 Å². The molecule has 4 rings (SSSR count). The van der Waals surface area contributed by atoms with E-state index in [9.17, 15) is 9.59 Å². The van der Waals surface area contributed by atoms with Crippen LogP contribution in [0.5, 0.6) is 0 Å². The Morgan fingerprint density at radius 3 is 2.76 bits per heavy atom. The number of aromatic nitrogens is 4. The van der Waals surface area contributed by atoms with Crippen molar-refractivity contribution in [2.45, 2.75) is 50.7 Å². The molecule has 0 radical (unpaired) electrons. The number of amides is 2. The van der Waals surface area contributed by atoms with Crippen LogP contribution >= 0.6 is 0 Å². The van der Waals surface area contributed by atoms with Gasteiger partial charge in [-0.15, -0.1) is 0 Å². The fourth-order valence-corrected chi connectivity index (χ4v) is 3.65. The molecule has 1 saturated heterocycles. The number of aryl methyl sites for hydroxylation is 2. The first-order valence-corrected chi connectivity index (χ1v) is 8.66. The average molecular weight is 342 g/mol. The lowest BCUT2D eigenvalue weighted by Crippen LogP contribution is -2.53. The van der Waals surface area contributed by atoms with Crippen molar-refractivity contribution in [1.82, 2.24) is 30.0 Å². The number of carbonyl (C=O) groups excluding carboxylic acids is 2. The van der Waals surface area contributed by atoms with Crippen LogP contribution in [0.15, 0.2) is 18.5 Å². The van der Waals surface area contributed by atoms with Crippen molar-refractivity contribution in [1.29, 1.82) is 0 Å². The van der Waals surface area contributed by atoms with Crippen LogP contribution < -0.4 is 5.32 Å². The molecule has 2 aromatic rings. The van der Waals surface area contributed by atoms with E-state index in [4.69, 9.17) is 0 Å². The molecular weight excluding hydrogens is 320 g/mol. The van der Waals surface area contributed by atoms with E-state index in [1.807, 2.05) is 24.9 Å². The number of H-pyrrole nitrogens is 1. The molecule has 1 aliphatic carbocycles. The van der Waals surface area contributed by atoms with E-state index in [0.717, 1.165) is 18.5 Å². The maximum Gasteiger partial charge on any atom is 0.269 e. The van der Waals surface area contributed by atoms with Gasteiger partial charge in [0.15, 0.2) is 0 Å². The van der Waals surface area contributed by atoms with Gasteiger partial charge < -0.3 is 15.2 Å². The smallest absolute Gasteiger partial charge is 0.269 e. The lowest BCUT2D eigenvalue weighted by atomic mass is 9.92. The zero-order chi connectivity index (χ0) is 17.6. The van der Waals surface area contributed by atoms with Crippen molar-refractivity contribution in [2.24, 2.45) is 7.05 Å². The summed E-state index contributed by atoms with van der Waals surface area (Å²) < 4.78 is 1.79. The Morgan fingerprint density at radius 2 is 2.16 bits per heavy atom. The van der Waals surface area contributed by atoms with Crippen LogP contribution in [0.4, 0.5) is 0 Å². The summed E-state index contributed by atoms with van der Waals surface area (Å²) in [6.45, 7) is 1.81. The molecule has 8 nitrogen and oxygen atoms in total. The SMILES string of the molecule is Cc1ncc(C(=O)N[C@@H]2CCC(=O)N(C3CC3)[C@H]2c2ccnn2C)[nH]1. The number of carbonyl (C=O) groups is 2. The van der Waals surface area contributed by atoms with Crippen molar-refractivity contribution in [2.75, 3.05) is 0 Å². The standard InChI is InChI=1S/C17H22N6O2/c1-10-18-9-13(20-10)17(25)21-12-5-6-15(24)23(11-3-4-11)16(12)14-7-8-19-22(14)2/h7-9,11-12,16H,3-6H2,1-2H3,(H,18,20)(H,21,25)/t12-,16-/m1/s1. The maximum absolute atomic E-state index is 12.6. The van der Waals surface area contributed by atoms with Crippen LogP contribution in [0.1, 0.15) is 53.7 Å². The first-order chi connectivity index (χ1) is 12.0. The highest BCUT2D eigenvalue weighted by molar-refractivity contribution is 5.92. The van der Waals surface area contributed by atoms with Gasteiger partial charge in [0.25, 0.3) is 5.91 Å². The van der Waals surface area contributed by atoms with Crippen LogP contribution in [0.25, 0.3) is 0 Å². The second-order valence-corrected chi connectivity index (χ2v) is 6.86. The summed E-state index contributed by atoms with van der Waals surface area (Å²) in [5.41, 5.74) is 1.39. The molecule has 2 atom stereocenters. The molecule has 1 aliphatic heterocycles. The van der Waals surface area contributed by atoms with E-state index in [-0.39, 0.29) is 29.9 Å². The highest BCUT2D eigenvalue weighted by Gasteiger charge is 2.45. The minimum absolute atomic E-state index is 0.148. The van der Waals surface area contributed by atoms with E-state index in [0.29, 0.717) is 24.4 Å². The van der Waals surface area contributed by atoms with Crippen molar-refractivity contribution in [3.63, 3.8) is 0 Å². The first kappa shape index (κ1) is 15.9. The van der Waals surface area contributed by atoms with Gasteiger partial charge in [-0.05, 0) is 32.3 Å². The molecule has 132 valence electrons. The molecule has 0 bridgehead atoms. The van der Waals surface area contributed by atoms with Crippen LogP contribution in [-0.4, -0.2) is 48.5 Å². The van der Waals surface area contributed by atoms with Crippen molar-refractivity contribution in [3.8, 4) is 0 Å². The molecule has 3 heterocycles. The summed E-state index contributed by atoms with van der Waals surface area (Å²) >= 11 is 0. The second-order valence-electron chi connectivity index (χ2n) is 6.86. The molecule has 2 aliphatic rings. The van der Waals surface area contributed by atoms with Gasteiger partial charge in [-0.2, -0.15) is 5.10 Å². The molecule has 8 heteroatoms. The number of aromatic amines is 1. The maximum atomic E-state index is 12.6. The third-order valence-electron chi connectivity index (χ3n) is 5.00. The average Bonchev–Trinajstić information content (AvgIpc) is 3.18. The first-order valence-electron chi connectivity index (χ1n) is 8.66. The molecule has 2 N–H and O–H groups in total. The summed E-state index contributed by atoms with van der Waals surface area (Å²) in [4.78, 5) is 34.2. The fraction of sp³-hybridized carbons (Fsp3) is 0.529. The van der Waals surface area contributed by atoms with E-state index in [2.05, 4.69) is 20.4 Å². The summed E-state index contributed by atoms with van der Waals surface area (Å²) in [6.07, 6.45) is 6.41. The Bertz CT molecular complexity index is 806. The number of nitrogens with zero attached hydrogens (tertiary/aromatic N) is 4. The number of piperidine rings is 1. The van der Waals surface area contributed by atoms with Crippen LogP contribution in [0.2, 0.25) is 0 Å². The monoisotopic (exact) mass is 342 g/mol. The molecule has 1 saturated carbocycles. The molecule has 2 aromatic heterocycles. The predicted octanol–water partition coefficient (Wildman–Crippen LogP) is 1.08. The summed E-state index contributed by atoms with van der Waals surface area (Å²) in [5.74, 6) is 0.672. The largest absolute Gasteiger partial charge is 0.345 e. The van der Waals surface area contributed by atoms with Crippen molar-refractivity contribution >= 4 is 11.8 Å². The third kappa shape index (κ3) is 2.92. The van der Waals surface area contributed by atoms with Gasteiger partial charge in [0, 0.05) is 25.7 Å². The Labute approximate surface area is 145 Å². The molecule has 2 amide bonds. The van der Waals surface area contributed by atoms with E-state index < -0.39 is 0 Å². The lowest BCUT2D eigenvalue weighted by Gasteiger charge is -2.41. The Hall–Kier alpha value is -2.64. The van der Waals surface area contributed by atoms with E-state index in [1.165, 1.54) is 6.20 Å². The Balaban J connectivity index is 1.63. The third-order valence-corrected chi connectivity index (χ3v) is 5.00. The van der Waals surface area contributed by atoms with Gasteiger partial charge in [-0.1, -0.05) is 0 Å². The van der Waals surface area contributed by atoms with Gasteiger partial charge in [-0.3, -0.25) is 14.3 Å². The predicted molar refractivity (Wildman–Crippen MR) is 89.6 cm³/mol. The molecule has 0 aromatic carbocycles. The van der Waals surface area contributed by atoms with Crippen molar-refractivity contribution < 1.29 is 9.59 Å².